The van der Waals surface area contributed by atoms with Gasteiger partial charge in [0.15, 0.2) is 11.5 Å². The summed E-state index contributed by atoms with van der Waals surface area (Å²) < 4.78 is 21.6. The minimum absolute atomic E-state index is 0.517. The summed E-state index contributed by atoms with van der Waals surface area (Å²) in [6.45, 7) is 5.65. The second-order valence-corrected chi connectivity index (χ2v) is 7.81. The highest BCUT2D eigenvalue weighted by Gasteiger charge is 2.16. The van der Waals surface area contributed by atoms with Gasteiger partial charge in [0, 0.05) is 32.7 Å². The van der Waals surface area contributed by atoms with Crippen molar-refractivity contribution in [2.24, 2.45) is 5.73 Å². The molecule has 0 unspecified atom stereocenters. The van der Waals surface area contributed by atoms with Crippen LogP contribution in [0.2, 0.25) is 0 Å². The molecule has 0 bridgehead atoms. The van der Waals surface area contributed by atoms with Crippen molar-refractivity contribution in [2.75, 3.05) is 82.4 Å². The first-order chi connectivity index (χ1) is 16.7. The van der Waals surface area contributed by atoms with Gasteiger partial charge in [-0.15, -0.1) is 0 Å². The van der Waals surface area contributed by atoms with Crippen molar-refractivity contribution in [3.63, 3.8) is 0 Å². The quantitative estimate of drug-likeness (QED) is 0.327. The predicted molar refractivity (Wildman–Crippen MR) is 132 cm³/mol. The van der Waals surface area contributed by atoms with Gasteiger partial charge >= 0.3 is 0 Å². The number of nitrogens with zero attached hydrogens (tertiary/aromatic N) is 4. The van der Waals surface area contributed by atoms with E-state index in [4.69, 9.17) is 24.7 Å². The van der Waals surface area contributed by atoms with Gasteiger partial charge in [-0.1, -0.05) is 6.07 Å². The van der Waals surface area contributed by atoms with Crippen LogP contribution in [0.25, 0.3) is 0 Å². The van der Waals surface area contributed by atoms with Crippen molar-refractivity contribution < 1.29 is 18.9 Å². The van der Waals surface area contributed by atoms with Gasteiger partial charge < -0.3 is 40.2 Å². The van der Waals surface area contributed by atoms with Crippen LogP contribution in [0.1, 0.15) is 24.8 Å². The van der Waals surface area contributed by atoms with Gasteiger partial charge in [-0.3, -0.25) is 0 Å². The molecule has 0 spiro atoms. The van der Waals surface area contributed by atoms with Crippen LogP contribution >= 0.6 is 0 Å². The zero-order valence-electron chi connectivity index (χ0n) is 20.2. The number of hydrogen-bond acceptors (Lipinski definition) is 11. The Labute approximate surface area is 201 Å². The number of nitrogens with one attached hydrogen (secondary N) is 2. The minimum atomic E-state index is 0.517. The SMILES string of the molecule is COc1ccc(CNc2nc(NCCOCCOCCN)nc(N3CCCCC3)n2)cc1OC. The van der Waals surface area contributed by atoms with E-state index in [1.54, 1.807) is 14.2 Å². The van der Waals surface area contributed by atoms with E-state index in [9.17, 15) is 0 Å². The smallest absolute Gasteiger partial charge is 0.231 e. The van der Waals surface area contributed by atoms with E-state index in [-0.39, 0.29) is 0 Å². The van der Waals surface area contributed by atoms with Crippen molar-refractivity contribution in [1.29, 1.82) is 0 Å². The van der Waals surface area contributed by atoms with Crippen LogP contribution in [0, 0.1) is 0 Å². The van der Waals surface area contributed by atoms with E-state index >= 15 is 0 Å². The van der Waals surface area contributed by atoms with Gasteiger partial charge in [0.1, 0.15) is 0 Å². The van der Waals surface area contributed by atoms with Crippen molar-refractivity contribution >= 4 is 17.8 Å². The number of rotatable bonds is 15. The molecule has 3 rings (SSSR count). The van der Waals surface area contributed by atoms with Crippen LogP contribution in [-0.4, -0.2) is 81.8 Å². The Hall–Kier alpha value is -2.89. The van der Waals surface area contributed by atoms with Crippen molar-refractivity contribution in [3.05, 3.63) is 23.8 Å². The van der Waals surface area contributed by atoms with Gasteiger partial charge in [0.2, 0.25) is 17.8 Å². The van der Waals surface area contributed by atoms with Gasteiger partial charge in [-0.25, -0.2) is 0 Å². The molecular weight excluding hydrogens is 438 g/mol. The molecule has 0 atom stereocenters. The summed E-state index contributed by atoms with van der Waals surface area (Å²) >= 11 is 0. The monoisotopic (exact) mass is 475 g/mol. The second-order valence-electron chi connectivity index (χ2n) is 7.81. The maximum absolute atomic E-state index is 5.58. The van der Waals surface area contributed by atoms with Crippen LogP contribution in [0.3, 0.4) is 0 Å². The second kappa shape index (κ2) is 14.4. The summed E-state index contributed by atoms with van der Waals surface area (Å²) in [7, 11) is 3.25. The highest BCUT2D eigenvalue weighted by Crippen LogP contribution is 2.28. The van der Waals surface area contributed by atoms with Crippen molar-refractivity contribution in [3.8, 4) is 11.5 Å². The molecule has 188 valence electrons. The molecule has 1 aromatic heterocycles. The molecular formula is C23H37N7O4. The zero-order valence-corrected chi connectivity index (χ0v) is 20.2. The topological polar surface area (TPSA) is 129 Å². The number of ether oxygens (including phenoxy) is 4. The molecule has 2 aromatic rings. The summed E-state index contributed by atoms with van der Waals surface area (Å²) in [5, 5.41) is 6.56. The van der Waals surface area contributed by atoms with Crippen LogP contribution in [0.15, 0.2) is 18.2 Å². The summed E-state index contributed by atoms with van der Waals surface area (Å²) in [6, 6.07) is 5.80. The van der Waals surface area contributed by atoms with Crippen LogP contribution in [-0.2, 0) is 16.0 Å². The highest BCUT2D eigenvalue weighted by atomic mass is 16.5. The first-order valence-electron chi connectivity index (χ1n) is 11.8. The number of benzene rings is 1. The maximum atomic E-state index is 5.58. The van der Waals surface area contributed by atoms with E-state index in [1.165, 1.54) is 6.42 Å². The Morgan fingerprint density at radius 2 is 1.56 bits per heavy atom. The third-order valence-electron chi connectivity index (χ3n) is 5.32. The third kappa shape index (κ3) is 8.15. The molecule has 0 radical (unpaired) electrons. The summed E-state index contributed by atoms with van der Waals surface area (Å²) in [4.78, 5) is 16.1. The number of methoxy groups -OCH3 is 2. The summed E-state index contributed by atoms with van der Waals surface area (Å²) in [5.74, 6) is 3.10. The molecule has 1 aliphatic rings. The molecule has 1 aromatic carbocycles. The fourth-order valence-corrected chi connectivity index (χ4v) is 3.57. The Morgan fingerprint density at radius 3 is 2.26 bits per heavy atom. The van der Waals surface area contributed by atoms with E-state index in [2.05, 4.69) is 30.5 Å². The molecule has 0 saturated carbocycles. The van der Waals surface area contributed by atoms with Crippen LogP contribution in [0.5, 0.6) is 11.5 Å². The first kappa shape index (κ1) is 25.7. The molecule has 1 fully saturated rings. The fourth-order valence-electron chi connectivity index (χ4n) is 3.57. The normalized spacial score (nSPS) is 13.6. The van der Waals surface area contributed by atoms with Gasteiger partial charge in [-0.2, -0.15) is 15.0 Å². The zero-order chi connectivity index (χ0) is 24.0. The van der Waals surface area contributed by atoms with Gasteiger partial charge in [0.25, 0.3) is 0 Å². The molecule has 2 heterocycles. The number of nitrogens with two attached hydrogens (primary N) is 1. The number of hydrogen-bond donors (Lipinski definition) is 3. The molecule has 34 heavy (non-hydrogen) atoms. The first-order valence-corrected chi connectivity index (χ1v) is 11.8. The maximum Gasteiger partial charge on any atom is 0.231 e. The lowest BCUT2D eigenvalue weighted by Gasteiger charge is -2.27. The molecule has 4 N–H and O–H groups in total. The Bertz CT molecular complexity index is 865. The third-order valence-corrected chi connectivity index (χ3v) is 5.32. The minimum Gasteiger partial charge on any atom is -0.493 e. The number of aromatic nitrogens is 3. The van der Waals surface area contributed by atoms with Crippen molar-refractivity contribution in [1.82, 2.24) is 15.0 Å². The van der Waals surface area contributed by atoms with Crippen LogP contribution in [0.4, 0.5) is 17.8 Å². The largest absolute Gasteiger partial charge is 0.493 e. The molecule has 0 amide bonds. The van der Waals surface area contributed by atoms with Crippen molar-refractivity contribution in [2.45, 2.75) is 25.8 Å². The Kier molecular flexibility index (Phi) is 10.9. The summed E-state index contributed by atoms with van der Waals surface area (Å²) in [5.41, 5.74) is 6.42. The van der Waals surface area contributed by atoms with E-state index in [1.807, 2.05) is 18.2 Å². The summed E-state index contributed by atoms with van der Waals surface area (Å²) in [6.07, 6.45) is 3.52. The van der Waals surface area contributed by atoms with E-state index in [0.29, 0.717) is 75.4 Å². The lowest BCUT2D eigenvalue weighted by Crippen LogP contribution is -2.31. The van der Waals surface area contributed by atoms with Gasteiger partial charge in [0.05, 0.1) is 40.6 Å². The van der Waals surface area contributed by atoms with E-state index in [0.717, 1.165) is 31.5 Å². The lowest BCUT2D eigenvalue weighted by atomic mass is 10.1. The standard InChI is InChI=1S/C23H37N7O4/c1-31-19-7-6-18(16-20(19)32-2)17-26-22-27-21(25-9-13-34-15-14-33-12-8-24)28-23(29-22)30-10-4-3-5-11-30/h6-7,16H,3-5,8-15,17,24H2,1-2H3,(H2,25,26,27,28,29). The molecule has 1 aliphatic heterocycles. The Morgan fingerprint density at radius 1 is 0.853 bits per heavy atom. The number of piperidine rings is 1. The fraction of sp³-hybridized carbons (Fsp3) is 0.609. The van der Waals surface area contributed by atoms with Crippen LogP contribution < -0.4 is 30.7 Å². The average molecular weight is 476 g/mol. The molecule has 11 nitrogen and oxygen atoms in total. The Balaban J connectivity index is 1.61. The average Bonchev–Trinajstić information content (AvgIpc) is 2.89. The molecule has 1 saturated heterocycles. The van der Waals surface area contributed by atoms with Gasteiger partial charge in [-0.05, 0) is 37.0 Å². The van der Waals surface area contributed by atoms with E-state index < -0.39 is 0 Å². The highest BCUT2D eigenvalue weighted by molar-refractivity contribution is 5.46. The lowest BCUT2D eigenvalue weighted by molar-refractivity contribution is 0.0547. The molecule has 0 aliphatic carbocycles. The molecule has 11 heteroatoms. The number of anilines is 3. The predicted octanol–water partition coefficient (Wildman–Crippen LogP) is 1.90.